The topological polar surface area (TPSA) is 101 Å². The Bertz CT molecular complexity index is 137. The van der Waals surface area contributed by atoms with Crippen LogP contribution in [-0.4, -0.2) is 79.6 Å². The fraction of sp³-hybridized carbons (Fsp3) is 0.500. The molecule has 0 rings (SSSR count). The van der Waals surface area contributed by atoms with Gasteiger partial charge in [-0.25, -0.2) is 0 Å². The predicted octanol–water partition coefficient (Wildman–Crippen LogP) is -1.51. The smallest absolute Gasteiger partial charge is 0.321 e. The number of rotatable bonds is 3. The van der Waals surface area contributed by atoms with Gasteiger partial charge < -0.3 is 15.9 Å². The molecule has 0 spiro atoms. The van der Waals surface area contributed by atoms with Crippen molar-refractivity contribution in [3.8, 4) is 0 Å². The van der Waals surface area contributed by atoms with E-state index >= 15 is 0 Å². The standard InChI is InChI=1S/C4H7NO4.K/c5-2(4(8)9)1-3(6)7;/h2H,1,5H2,(H,6,7)(H,8,9);/t2-;/m1./s1. The summed E-state index contributed by atoms with van der Waals surface area (Å²) in [6.45, 7) is 0. The molecule has 0 aliphatic heterocycles. The van der Waals surface area contributed by atoms with Crippen LogP contribution in [0.3, 0.4) is 0 Å². The molecule has 0 aromatic carbocycles. The predicted molar refractivity (Wildman–Crippen MR) is 33.6 cm³/mol. The maximum Gasteiger partial charge on any atom is 0.321 e. The van der Waals surface area contributed by atoms with Gasteiger partial charge in [0.25, 0.3) is 0 Å². The summed E-state index contributed by atoms with van der Waals surface area (Å²) in [5, 5.41) is 16.0. The van der Waals surface area contributed by atoms with E-state index in [1.54, 1.807) is 0 Å². The molecule has 1 atom stereocenters. The number of aliphatic carboxylic acids is 2. The van der Waals surface area contributed by atoms with Gasteiger partial charge in [-0.05, 0) is 0 Å². The molecule has 53 valence electrons. The molecule has 0 heterocycles. The quantitative estimate of drug-likeness (QED) is 0.449. The number of carboxylic acids is 2. The van der Waals surface area contributed by atoms with Crippen LogP contribution in [0, 0.1) is 0 Å². The second-order valence-corrected chi connectivity index (χ2v) is 1.54. The van der Waals surface area contributed by atoms with Crippen LogP contribution in [-0.2, 0) is 9.59 Å². The Morgan fingerprint density at radius 1 is 1.40 bits per heavy atom. The van der Waals surface area contributed by atoms with Crippen molar-refractivity contribution >= 4 is 63.3 Å². The molecule has 0 amide bonds. The normalized spacial score (nSPS) is 11.3. The van der Waals surface area contributed by atoms with Gasteiger partial charge in [0.15, 0.2) is 0 Å². The Kier molecular flexibility index (Phi) is 8.23. The number of carboxylic acid groups (broad SMARTS) is 2. The second kappa shape index (κ2) is 6.26. The summed E-state index contributed by atoms with van der Waals surface area (Å²) in [7, 11) is 0. The van der Waals surface area contributed by atoms with E-state index < -0.39 is 24.4 Å². The Morgan fingerprint density at radius 2 is 1.80 bits per heavy atom. The summed E-state index contributed by atoms with van der Waals surface area (Å²) in [5.41, 5.74) is 4.84. The molecule has 1 radical (unpaired) electrons. The van der Waals surface area contributed by atoms with Crippen LogP contribution in [0.25, 0.3) is 0 Å². The van der Waals surface area contributed by atoms with E-state index in [4.69, 9.17) is 15.9 Å². The monoisotopic (exact) mass is 172 g/mol. The van der Waals surface area contributed by atoms with Crippen molar-refractivity contribution in [3.05, 3.63) is 0 Å². The maximum absolute atomic E-state index is 9.85. The van der Waals surface area contributed by atoms with Gasteiger partial charge in [0.2, 0.25) is 0 Å². The van der Waals surface area contributed by atoms with Crippen molar-refractivity contribution in [1.82, 2.24) is 0 Å². The van der Waals surface area contributed by atoms with Gasteiger partial charge in [0.1, 0.15) is 6.04 Å². The Labute approximate surface area is 100 Å². The van der Waals surface area contributed by atoms with Crippen LogP contribution in [0.15, 0.2) is 0 Å². The molecule has 0 saturated heterocycles. The van der Waals surface area contributed by atoms with Gasteiger partial charge in [-0.2, -0.15) is 0 Å². The van der Waals surface area contributed by atoms with E-state index in [0.29, 0.717) is 0 Å². The van der Waals surface area contributed by atoms with E-state index in [1.807, 2.05) is 0 Å². The molecule has 0 aliphatic rings. The van der Waals surface area contributed by atoms with Crippen molar-refractivity contribution in [1.29, 1.82) is 0 Å². The summed E-state index contributed by atoms with van der Waals surface area (Å²) in [4.78, 5) is 19.6. The van der Waals surface area contributed by atoms with E-state index in [1.165, 1.54) is 0 Å². The largest absolute Gasteiger partial charge is 0.481 e. The van der Waals surface area contributed by atoms with Gasteiger partial charge in [-0.1, -0.05) is 0 Å². The zero-order valence-electron chi connectivity index (χ0n) is 5.57. The molecule has 0 saturated carbocycles. The third-order valence-corrected chi connectivity index (χ3v) is 0.712. The van der Waals surface area contributed by atoms with Crippen LogP contribution in [0.1, 0.15) is 6.42 Å². The Balaban J connectivity index is 0. The molecule has 0 fully saturated rings. The van der Waals surface area contributed by atoms with Gasteiger partial charge in [-0.15, -0.1) is 0 Å². The first-order valence-corrected chi connectivity index (χ1v) is 2.24. The molecule has 0 unspecified atom stereocenters. The average Bonchev–Trinajstić information content (AvgIpc) is 1.63. The van der Waals surface area contributed by atoms with E-state index in [9.17, 15) is 9.59 Å². The molecule has 0 aromatic heterocycles. The Hall–Kier alpha value is 0.536. The van der Waals surface area contributed by atoms with E-state index in [2.05, 4.69) is 0 Å². The van der Waals surface area contributed by atoms with Crippen LogP contribution in [0.4, 0.5) is 0 Å². The first-order chi connectivity index (χ1) is 4.04. The van der Waals surface area contributed by atoms with Crippen molar-refractivity contribution in [2.45, 2.75) is 12.5 Å². The molecule has 4 N–H and O–H groups in total. The summed E-state index contributed by atoms with van der Waals surface area (Å²) >= 11 is 0. The SMILES string of the molecule is N[C@H](CC(=O)O)C(=O)O.[K]. The number of nitrogens with two attached hydrogens (primary N) is 1. The summed E-state index contributed by atoms with van der Waals surface area (Å²) in [6.07, 6.45) is -0.532. The molecular formula is C4H7KNO4. The van der Waals surface area contributed by atoms with Gasteiger partial charge >= 0.3 is 11.9 Å². The van der Waals surface area contributed by atoms with Crippen LogP contribution < -0.4 is 5.73 Å². The van der Waals surface area contributed by atoms with Crippen molar-refractivity contribution in [3.63, 3.8) is 0 Å². The van der Waals surface area contributed by atoms with Crippen molar-refractivity contribution in [2.24, 2.45) is 5.73 Å². The average molecular weight is 172 g/mol. The second-order valence-electron chi connectivity index (χ2n) is 1.54. The minimum atomic E-state index is -1.29. The zero-order valence-corrected chi connectivity index (χ0v) is 8.70. The molecule has 0 aromatic rings. The summed E-state index contributed by atoms with van der Waals surface area (Å²) in [5.74, 6) is -2.50. The first-order valence-electron chi connectivity index (χ1n) is 2.24. The zero-order chi connectivity index (χ0) is 7.44. The number of carbonyl (C=O) groups is 2. The van der Waals surface area contributed by atoms with Gasteiger partial charge in [0, 0.05) is 51.4 Å². The fourth-order valence-electron chi connectivity index (χ4n) is 0.275. The summed E-state index contributed by atoms with van der Waals surface area (Å²) < 4.78 is 0. The van der Waals surface area contributed by atoms with Gasteiger partial charge in [-0.3, -0.25) is 9.59 Å². The minimum Gasteiger partial charge on any atom is -0.481 e. The van der Waals surface area contributed by atoms with Crippen LogP contribution >= 0.6 is 0 Å². The number of hydrogen-bond acceptors (Lipinski definition) is 3. The van der Waals surface area contributed by atoms with E-state index in [0.717, 1.165) is 0 Å². The maximum atomic E-state index is 9.85. The number of hydrogen-bond donors (Lipinski definition) is 3. The van der Waals surface area contributed by atoms with Crippen LogP contribution in [0.2, 0.25) is 0 Å². The minimum absolute atomic E-state index is 0. The molecule has 5 nitrogen and oxygen atoms in total. The van der Waals surface area contributed by atoms with Crippen molar-refractivity contribution < 1.29 is 19.8 Å². The summed E-state index contributed by atoms with van der Waals surface area (Å²) in [6, 6.07) is -1.29. The fourth-order valence-corrected chi connectivity index (χ4v) is 0.275. The Morgan fingerprint density at radius 3 is 1.90 bits per heavy atom. The van der Waals surface area contributed by atoms with Crippen molar-refractivity contribution in [2.75, 3.05) is 0 Å². The van der Waals surface area contributed by atoms with Crippen LogP contribution in [0.5, 0.6) is 0 Å². The molecule has 0 bridgehead atoms. The molecule has 6 heteroatoms. The molecule has 10 heavy (non-hydrogen) atoms. The first kappa shape index (κ1) is 13.1. The third-order valence-electron chi connectivity index (χ3n) is 0.712. The third kappa shape index (κ3) is 6.65. The van der Waals surface area contributed by atoms with E-state index in [-0.39, 0.29) is 51.4 Å². The molecule has 0 aliphatic carbocycles. The van der Waals surface area contributed by atoms with Gasteiger partial charge in [0.05, 0.1) is 6.42 Å². The molecular weight excluding hydrogens is 165 g/mol.